The van der Waals surface area contributed by atoms with Crippen LogP contribution in [0.4, 0.5) is 11.5 Å². The highest BCUT2D eigenvalue weighted by Crippen LogP contribution is 2.29. The summed E-state index contributed by atoms with van der Waals surface area (Å²) in [6.45, 7) is 9.75. The number of rotatable bonds is 12. The number of ether oxygens (including phenoxy) is 2. The van der Waals surface area contributed by atoms with E-state index in [0.717, 1.165) is 57.5 Å². The Kier molecular flexibility index (Phi) is 9.72. The van der Waals surface area contributed by atoms with Crippen LogP contribution in [0.1, 0.15) is 51.5 Å². The van der Waals surface area contributed by atoms with Crippen LogP contribution in [0, 0.1) is 5.92 Å². The minimum Gasteiger partial charge on any atom is -0.478 e. The highest BCUT2D eigenvalue weighted by Gasteiger charge is 2.27. The van der Waals surface area contributed by atoms with Gasteiger partial charge < -0.3 is 14.4 Å². The van der Waals surface area contributed by atoms with E-state index in [1.807, 2.05) is 26.0 Å². The first-order valence-electron chi connectivity index (χ1n) is 15.1. The lowest BCUT2D eigenvalue weighted by Crippen LogP contribution is -2.46. The van der Waals surface area contributed by atoms with Crippen LogP contribution in [0.5, 0.6) is 5.88 Å². The second-order valence-electron chi connectivity index (χ2n) is 11.2. The fourth-order valence-corrected chi connectivity index (χ4v) is 5.53. The largest absolute Gasteiger partial charge is 0.478 e. The molecule has 2 aromatic carbocycles. The molecule has 1 unspecified atom stereocenters. The maximum absolute atomic E-state index is 12.6. The molecule has 2 aliphatic heterocycles. The van der Waals surface area contributed by atoms with Gasteiger partial charge in [-0.05, 0) is 54.8 Å². The Morgan fingerprint density at radius 2 is 1.78 bits per heavy atom. The Morgan fingerprint density at radius 3 is 2.61 bits per heavy atom. The molecule has 1 fully saturated rings. The van der Waals surface area contributed by atoms with Crippen molar-refractivity contribution in [2.75, 3.05) is 55.9 Å². The number of aromatic nitrogens is 1. The van der Waals surface area contributed by atoms with Gasteiger partial charge in [-0.2, -0.15) is 4.98 Å². The normalized spacial score (nSPS) is 16.5. The minimum absolute atomic E-state index is 0.0842. The Hall–Kier alpha value is -3.65. The van der Waals surface area contributed by atoms with E-state index in [4.69, 9.17) is 9.47 Å². The van der Waals surface area contributed by atoms with E-state index < -0.39 is 0 Å². The molecule has 2 aliphatic rings. The predicted octanol–water partition coefficient (Wildman–Crippen LogP) is 5.43. The van der Waals surface area contributed by atoms with Crippen molar-refractivity contribution >= 4 is 34.2 Å². The van der Waals surface area contributed by atoms with E-state index in [1.54, 1.807) is 0 Å². The maximum atomic E-state index is 12.6. The van der Waals surface area contributed by atoms with Crippen molar-refractivity contribution in [3.8, 4) is 5.88 Å². The van der Waals surface area contributed by atoms with Gasteiger partial charge in [0.05, 0.1) is 6.61 Å². The van der Waals surface area contributed by atoms with Crippen LogP contribution < -0.4 is 14.5 Å². The van der Waals surface area contributed by atoms with Crippen LogP contribution in [0.2, 0.25) is 0 Å². The molecular weight excluding hydrogens is 516 g/mol. The number of nitrogens with zero attached hydrogens (tertiary/aromatic N) is 4. The molecule has 0 saturated carbocycles. The summed E-state index contributed by atoms with van der Waals surface area (Å²) in [5.41, 5.74) is 2.30. The number of amides is 1. The summed E-state index contributed by atoms with van der Waals surface area (Å²) in [6, 6.07) is 19.0. The first kappa shape index (κ1) is 28.9. The fraction of sp³-hybridized carbons (Fsp3) is 0.485. The molecule has 0 radical (unpaired) electrons. The Morgan fingerprint density at radius 1 is 0.976 bits per heavy atom. The zero-order chi connectivity index (χ0) is 28.6. The molecular formula is C33H42N4O4. The van der Waals surface area contributed by atoms with E-state index in [2.05, 4.69) is 57.2 Å². The molecule has 3 heterocycles. The maximum Gasteiger partial charge on any atom is 0.307 e. The van der Waals surface area contributed by atoms with Gasteiger partial charge in [0.1, 0.15) is 5.82 Å². The number of aryl methyl sites for hydroxylation is 1. The quantitative estimate of drug-likeness (QED) is 0.217. The molecule has 1 saturated heterocycles. The number of pyridine rings is 1. The third-order valence-corrected chi connectivity index (χ3v) is 8.26. The molecule has 8 nitrogen and oxygen atoms in total. The first-order chi connectivity index (χ1) is 20.0. The molecule has 0 spiro atoms. The highest BCUT2D eigenvalue weighted by atomic mass is 16.5. The van der Waals surface area contributed by atoms with Crippen molar-refractivity contribution < 1.29 is 19.1 Å². The number of benzene rings is 2. The van der Waals surface area contributed by atoms with Gasteiger partial charge in [-0.15, -0.1) is 0 Å². The van der Waals surface area contributed by atoms with Crippen LogP contribution in [-0.2, 0) is 20.7 Å². The average Bonchev–Trinajstić information content (AvgIpc) is 3.00. The number of esters is 1. The Labute approximate surface area is 243 Å². The molecule has 1 amide bonds. The van der Waals surface area contributed by atoms with Gasteiger partial charge in [0, 0.05) is 56.2 Å². The van der Waals surface area contributed by atoms with Crippen molar-refractivity contribution in [1.29, 1.82) is 0 Å². The number of carbonyl (C=O) groups is 2. The third kappa shape index (κ3) is 7.36. The van der Waals surface area contributed by atoms with Gasteiger partial charge in [0.2, 0.25) is 11.8 Å². The second-order valence-corrected chi connectivity index (χ2v) is 11.2. The van der Waals surface area contributed by atoms with Crippen LogP contribution in [0.3, 0.4) is 0 Å². The zero-order valence-electron chi connectivity index (χ0n) is 24.4. The van der Waals surface area contributed by atoms with E-state index in [1.165, 1.54) is 21.4 Å². The van der Waals surface area contributed by atoms with Crippen molar-refractivity contribution in [1.82, 2.24) is 9.88 Å². The number of carbonyl (C=O) groups excluding carboxylic acids is 2. The third-order valence-electron chi connectivity index (χ3n) is 8.26. The van der Waals surface area contributed by atoms with Gasteiger partial charge in [-0.3, -0.25) is 19.4 Å². The van der Waals surface area contributed by atoms with Crippen LogP contribution in [0.25, 0.3) is 10.8 Å². The molecule has 1 aromatic heterocycles. The van der Waals surface area contributed by atoms with Gasteiger partial charge in [-0.1, -0.05) is 56.7 Å². The highest BCUT2D eigenvalue weighted by molar-refractivity contribution is 5.95. The van der Waals surface area contributed by atoms with Crippen LogP contribution >= 0.6 is 0 Å². The Bertz CT molecular complexity index is 1330. The molecule has 5 rings (SSSR count). The van der Waals surface area contributed by atoms with E-state index in [-0.39, 0.29) is 24.5 Å². The van der Waals surface area contributed by atoms with E-state index in [0.29, 0.717) is 37.6 Å². The number of hydrogen-bond donors (Lipinski definition) is 0. The van der Waals surface area contributed by atoms with Crippen molar-refractivity contribution in [2.45, 2.75) is 52.4 Å². The standard InChI is InChI=1S/C33H42N4O4/c1-3-25(2)23-32(39)41-24-37-31(38)16-14-27-13-15-30(34-33(27)37)40-22-7-6-17-35-18-20-36(21-19-35)29-12-8-10-26-9-4-5-11-28(26)29/h4-5,8-13,15,25H,3,6-7,14,16-24H2,1-2H3. The predicted molar refractivity (Wildman–Crippen MR) is 162 cm³/mol. The number of fused-ring (bicyclic) bond motifs is 2. The summed E-state index contributed by atoms with van der Waals surface area (Å²) in [5, 5.41) is 2.62. The smallest absolute Gasteiger partial charge is 0.307 e. The molecule has 0 bridgehead atoms. The van der Waals surface area contributed by atoms with Crippen molar-refractivity contribution in [3.63, 3.8) is 0 Å². The molecule has 1 atom stereocenters. The fourth-order valence-electron chi connectivity index (χ4n) is 5.53. The van der Waals surface area contributed by atoms with E-state index >= 15 is 0 Å². The van der Waals surface area contributed by atoms with Gasteiger partial charge in [0.15, 0.2) is 6.73 Å². The number of anilines is 2. The molecule has 8 heteroatoms. The lowest BCUT2D eigenvalue weighted by molar-refractivity contribution is -0.145. The summed E-state index contributed by atoms with van der Waals surface area (Å²) in [6.07, 6.45) is 4.25. The minimum atomic E-state index is -0.290. The van der Waals surface area contributed by atoms with E-state index in [9.17, 15) is 9.59 Å². The molecule has 41 heavy (non-hydrogen) atoms. The summed E-state index contributed by atoms with van der Waals surface area (Å²) in [4.78, 5) is 35.9. The van der Waals surface area contributed by atoms with Crippen LogP contribution in [0.15, 0.2) is 54.6 Å². The van der Waals surface area contributed by atoms with Gasteiger partial charge >= 0.3 is 5.97 Å². The topological polar surface area (TPSA) is 75.2 Å². The number of piperazine rings is 1. The monoisotopic (exact) mass is 558 g/mol. The zero-order valence-corrected chi connectivity index (χ0v) is 24.4. The molecule has 3 aromatic rings. The van der Waals surface area contributed by atoms with Gasteiger partial charge in [0.25, 0.3) is 0 Å². The summed E-state index contributed by atoms with van der Waals surface area (Å²) >= 11 is 0. The lowest BCUT2D eigenvalue weighted by Gasteiger charge is -2.36. The SMILES string of the molecule is CCC(C)CC(=O)OCN1C(=O)CCc2ccc(OCCCCN3CCN(c4cccc5ccccc45)CC3)nc21. The van der Waals surface area contributed by atoms with Crippen molar-refractivity contribution in [2.24, 2.45) is 5.92 Å². The molecule has 0 aliphatic carbocycles. The first-order valence-corrected chi connectivity index (χ1v) is 15.1. The second kappa shape index (κ2) is 13.8. The number of hydrogen-bond acceptors (Lipinski definition) is 7. The summed E-state index contributed by atoms with van der Waals surface area (Å²) in [5.74, 6) is 0.919. The number of unbranched alkanes of at least 4 members (excludes halogenated alkanes) is 1. The molecule has 0 N–H and O–H groups in total. The Balaban J connectivity index is 1.05. The summed E-state index contributed by atoms with van der Waals surface area (Å²) in [7, 11) is 0. The van der Waals surface area contributed by atoms with Gasteiger partial charge in [-0.25, -0.2) is 0 Å². The lowest BCUT2D eigenvalue weighted by atomic mass is 10.1. The summed E-state index contributed by atoms with van der Waals surface area (Å²) < 4.78 is 11.4. The van der Waals surface area contributed by atoms with Crippen molar-refractivity contribution in [3.05, 3.63) is 60.2 Å². The van der Waals surface area contributed by atoms with Crippen LogP contribution in [-0.4, -0.2) is 67.8 Å². The molecule has 218 valence electrons. The average molecular weight is 559 g/mol.